The Morgan fingerprint density at radius 2 is 1.88 bits per heavy atom. The minimum atomic E-state index is -4.96. The number of hydrogen-bond donors (Lipinski definition) is 1. The van der Waals surface area contributed by atoms with Gasteiger partial charge in [-0.05, 0) is 17.5 Å². The number of alkyl halides is 3. The van der Waals surface area contributed by atoms with E-state index in [1.54, 1.807) is 18.2 Å². The first-order valence-electron chi connectivity index (χ1n) is 7.35. The summed E-state index contributed by atoms with van der Waals surface area (Å²) in [5.74, 6) is -2.26. The van der Waals surface area contributed by atoms with Crippen LogP contribution < -0.4 is 5.32 Å². The van der Waals surface area contributed by atoms with Crippen molar-refractivity contribution in [1.82, 2.24) is 9.88 Å². The van der Waals surface area contributed by atoms with E-state index in [2.05, 4.69) is 5.32 Å². The molecule has 1 N–H and O–H groups in total. The Morgan fingerprint density at radius 1 is 1.12 bits per heavy atom. The van der Waals surface area contributed by atoms with Crippen LogP contribution >= 0.6 is 11.3 Å². The number of carbonyl (C=O) groups is 2. The predicted molar refractivity (Wildman–Crippen MR) is 88.5 cm³/mol. The van der Waals surface area contributed by atoms with Crippen molar-refractivity contribution in [2.24, 2.45) is 0 Å². The van der Waals surface area contributed by atoms with Crippen LogP contribution in [0.15, 0.2) is 48.0 Å². The van der Waals surface area contributed by atoms with Gasteiger partial charge in [-0.1, -0.05) is 24.3 Å². The van der Waals surface area contributed by atoms with Gasteiger partial charge >= 0.3 is 6.18 Å². The number of aromatic nitrogens is 1. The Kier molecular flexibility index (Phi) is 4.63. The second-order valence-corrected chi connectivity index (χ2v) is 6.40. The molecule has 0 unspecified atom stereocenters. The summed E-state index contributed by atoms with van der Waals surface area (Å²) in [6.45, 7) is 0.182. The minimum absolute atomic E-state index is 0.170. The number of rotatable bonds is 5. The third-order valence-corrected chi connectivity index (χ3v) is 4.52. The summed E-state index contributed by atoms with van der Waals surface area (Å²) in [7, 11) is 0. The van der Waals surface area contributed by atoms with Gasteiger partial charge in [-0.15, -0.1) is 11.3 Å². The minimum Gasteiger partial charge on any atom is -0.350 e. The lowest BCUT2D eigenvalue weighted by atomic mass is 10.1. The van der Waals surface area contributed by atoms with Crippen LogP contribution in [0.25, 0.3) is 10.9 Å². The van der Waals surface area contributed by atoms with Crippen molar-refractivity contribution >= 4 is 33.9 Å². The molecule has 130 valence electrons. The van der Waals surface area contributed by atoms with E-state index in [0.717, 1.165) is 11.1 Å². The first-order chi connectivity index (χ1) is 11.9. The maximum atomic E-state index is 12.8. The summed E-state index contributed by atoms with van der Waals surface area (Å²) in [6, 6.07) is 9.95. The van der Waals surface area contributed by atoms with E-state index >= 15 is 0 Å². The van der Waals surface area contributed by atoms with Crippen LogP contribution in [-0.4, -0.2) is 22.4 Å². The van der Waals surface area contributed by atoms with Gasteiger partial charge in [0, 0.05) is 22.0 Å². The van der Waals surface area contributed by atoms with Gasteiger partial charge < -0.3 is 9.88 Å². The Labute approximate surface area is 144 Å². The largest absolute Gasteiger partial charge is 0.454 e. The Hall–Kier alpha value is -2.61. The fourth-order valence-corrected chi connectivity index (χ4v) is 3.17. The summed E-state index contributed by atoms with van der Waals surface area (Å²) >= 11 is 1.49. The van der Waals surface area contributed by atoms with Gasteiger partial charge in [0.2, 0.25) is 5.91 Å². The molecule has 1 aromatic carbocycles. The number of benzene rings is 1. The normalized spacial score (nSPS) is 11.6. The third kappa shape index (κ3) is 3.74. The highest BCUT2D eigenvalue weighted by atomic mass is 32.1. The number of ketones is 1. The molecular formula is C17H13F3N2O2S. The van der Waals surface area contributed by atoms with Crippen molar-refractivity contribution in [2.45, 2.75) is 19.3 Å². The number of amides is 1. The number of nitrogens with zero attached hydrogens (tertiary/aromatic N) is 1. The fraction of sp³-hybridized carbons (Fsp3) is 0.176. The Morgan fingerprint density at radius 3 is 2.56 bits per heavy atom. The van der Waals surface area contributed by atoms with Gasteiger partial charge in [0.05, 0.1) is 12.1 Å². The zero-order chi connectivity index (χ0) is 18.0. The first kappa shape index (κ1) is 17.2. The van der Waals surface area contributed by atoms with Gasteiger partial charge in [-0.2, -0.15) is 13.2 Å². The van der Waals surface area contributed by atoms with E-state index in [0.29, 0.717) is 12.1 Å². The molecule has 0 saturated carbocycles. The number of fused-ring (bicyclic) bond motifs is 1. The number of carbonyl (C=O) groups excluding carboxylic acids is 2. The van der Waals surface area contributed by atoms with E-state index in [1.165, 1.54) is 22.0 Å². The van der Waals surface area contributed by atoms with Gasteiger partial charge in [-0.3, -0.25) is 9.59 Å². The molecule has 0 bridgehead atoms. The maximum Gasteiger partial charge on any atom is 0.454 e. The molecule has 0 radical (unpaired) electrons. The second-order valence-electron chi connectivity index (χ2n) is 5.37. The molecule has 0 aliphatic rings. The second kappa shape index (κ2) is 6.72. The molecule has 3 rings (SSSR count). The van der Waals surface area contributed by atoms with Crippen LogP contribution in [0.2, 0.25) is 0 Å². The van der Waals surface area contributed by atoms with E-state index in [9.17, 15) is 22.8 Å². The molecule has 1 amide bonds. The van der Waals surface area contributed by atoms with E-state index < -0.39 is 17.5 Å². The van der Waals surface area contributed by atoms with Crippen molar-refractivity contribution < 1.29 is 22.8 Å². The van der Waals surface area contributed by atoms with E-state index in [-0.39, 0.29) is 17.8 Å². The number of hydrogen-bond acceptors (Lipinski definition) is 3. The highest BCUT2D eigenvalue weighted by Gasteiger charge is 2.40. The molecular weight excluding hydrogens is 353 g/mol. The predicted octanol–water partition coefficient (Wildman–Crippen LogP) is 3.76. The van der Waals surface area contributed by atoms with Crippen LogP contribution in [0, 0.1) is 0 Å². The lowest BCUT2D eigenvalue weighted by Crippen LogP contribution is -2.26. The summed E-state index contributed by atoms with van der Waals surface area (Å²) in [5, 5.41) is 4.77. The van der Waals surface area contributed by atoms with Crippen molar-refractivity contribution in [1.29, 1.82) is 0 Å². The number of thiophene rings is 1. The topological polar surface area (TPSA) is 51.1 Å². The third-order valence-electron chi connectivity index (χ3n) is 3.64. The van der Waals surface area contributed by atoms with Crippen LogP contribution in [0.3, 0.4) is 0 Å². The molecule has 0 saturated heterocycles. The average Bonchev–Trinajstić information content (AvgIpc) is 3.20. The highest BCUT2D eigenvalue weighted by Crippen LogP contribution is 2.28. The monoisotopic (exact) mass is 366 g/mol. The molecule has 8 heteroatoms. The summed E-state index contributed by atoms with van der Waals surface area (Å²) in [4.78, 5) is 24.7. The Balaban J connectivity index is 1.84. The van der Waals surface area contributed by atoms with Crippen LogP contribution in [0.4, 0.5) is 13.2 Å². The van der Waals surface area contributed by atoms with Crippen LogP contribution in [0.1, 0.15) is 15.2 Å². The van der Waals surface area contributed by atoms with Crippen molar-refractivity contribution in [3.63, 3.8) is 0 Å². The summed E-state index contributed by atoms with van der Waals surface area (Å²) in [6.07, 6.45) is -3.87. The Bertz CT molecular complexity index is 914. The van der Waals surface area contributed by atoms with E-state index in [1.807, 2.05) is 17.5 Å². The van der Waals surface area contributed by atoms with Gasteiger partial charge in [-0.25, -0.2) is 0 Å². The number of halogens is 3. The summed E-state index contributed by atoms with van der Waals surface area (Å²) in [5.41, 5.74) is -0.0458. The lowest BCUT2D eigenvalue weighted by Gasteiger charge is -2.06. The highest BCUT2D eigenvalue weighted by molar-refractivity contribution is 7.09. The molecule has 2 heterocycles. The molecule has 4 nitrogen and oxygen atoms in total. The fourth-order valence-electron chi connectivity index (χ4n) is 2.52. The zero-order valence-corrected chi connectivity index (χ0v) is 13.7. The maximum absolute atomic E-state index is 12.8. The molecule has 0 atom stereocenters. The SMILES string of the molecule is O=C(Cn1cc(C(=O)C(F)(F)F)c2ccccc21)NCc1cccs1. The molecule has 0 aliphatic carbocycles. The van der Waals surface area contributed by atoms with Crippen molar-refractivity contribution in [3.05, 3.63) is 58.4 Å². The molecule has 25 heavy (non-hydrogen) atoms. The smallest absolute Gasteiger partial charge is 0.350 e. The quantitative estimate of drug-likeness (QED) is 0.699. The molecule has 3 aromatic rings. The first-order valence-corrected chi connectivity index (χ1v) is 8.22. The van der Waals surface area contributed by atoms with Crippen LogP contribution in [0.5, 0.6) is 0 Å². The number of nitrogens with one attached hydrogen (secondary N) is 1. The number of para-hydroxylation sites is 1. The standard InChI is InChI=1S/C17H13F3N2O2S/c18-17(19,20)16(24)13-9-22(14-6-2-1-5-12(13)14)10-15(23)21-8-11-4-3-7-25-11/h1-7,9H,8,10H2,(H,21,23). The van der Waals surface area contributed by atoms with Gasteiger partial charge in [0.25, 0.3) is 5.78 Å². The van der Waals surface area contributed by atoms with E-state index in [4.69, 9.17) is 0 Å². The van der Waals surface area contributed by atoms with Crippen molar-refractivity contribution in [2.75, 3.05) is 0 Å². The van der Waals surface area contributed by atoms with Gasteiger partial charge in [0.15, 0.2) is 0 Å². The molecule has 2 aromatic heterocycles. The van der Waals surface area contributed by atoms with Crippen LogP contribution in [-0.2, 0) is 17.9 Å². The molecule has 0 fully saturated rings. The molecule has 0 aliphatic heterocycles. The zero-order valence-electron chi connectivity index (χ0n) is 12.8. The molecule has 0 spiro atoms. The number of Topliss-reactive ketones (excluding diaryl/α,β-unsaturated/α-hetero) is 1. The summed E-state index contributed by atoms with van der Waals surface area (Å²) < 4.78 is 39.7. The van der Waals surface area contributed by atoms with Crippen molar-refractivity contribution in [3.8, 4) is 0 Å². The average molecular weight is 366 g/mol. The lowest BCUT2D eigenvalue weighted by molar-refractivity contribution is -0.121. The van der Waals surface area contributed by atoms with Gasteiger partial charge in [0.1, 0.15) is 6.54 Å².